The first-order valence-corrected chi connectivity index (χ1v) is 4.05. The summed E-state index contributed by atoms with van der Waals surface area (Å²) in [5, 5.41) is 9.16. The first-order valence-electron chi connectivity index (χ1n) is 4.05. The van der Waals surface area contributed by atoms with Crippen LogP contribution in [0.5, 0.6) is 0 Å². The van der Waals surface area contributed by atoms with Crippen LogP contribution in [0.3, 0.4) is 0 Å². The topological polar surface area (TPSA) is 20.2 Å². The summed E-state index contributed by atoms with van der Waals surface area (Å²) >= 11 is 0. The zero-order valence-corrected chi connectivity index (χ0v) is 7.44. The van der Waals surface area contributed by atoms with Crippen LogP contribution in [0.15, 0.2) is 0 Å². The van der Waals surface area contributed by atoms with Gasteiger partial charge in [-0.15, -0.1) is 0 Å². The minimum atomic E-state index is 0.243. The second-order valence-electron chi connectivity index (χ2n) is 4.67. The second-order valence-corrected chi connectivity index (χ2v) is 4.67. The van der Waals surface area contributed by atoms with E-state index in [1.165, 1.54) is 6.42 Å². The Morgan fingerprint density at radius 2 is 1.90 bits per heavy atom. The Hall–Kier alpha value is -0.0400. The van der Waals surface area contributed by atoms with E-state index in [2.05, 4.69) is 27.7 Å². The van der Waals surface area contributed by atoms with Crippen LogP contribution in [0, 0.1) is 16.7 Å². The van der Waals surface area contributed by atoms with Gasteiger partial charge >= 0.3 is 0 Å². The van der Waals surface area contributed by atoms with E-state index in [1.54, 1.807) is 0 Å². The van der Waals surface area contributed by atoms with E-state index in [1.807, 2.05) is 0 Å². The summed E-state index contributed by atoms with van der Waals surface area (Å²) in [6.07, 6.45) is 1.20. The van der Waals surface area contributed by atoms with E-state index in [-0.39, 0.29) is 10.8 Å². The minimum absolute atomic E-state index is 0.243. The highest BCUT2D eigenvalue weighted by Crippen LogP contribution is 2.62. The highest BCUT2D eigenvalue weighted by molar-refractivity contribution is 5.06. The quantitative estimate of drug-likeness (QED) is 0.594. The van der Waals surface area contributed by atoms with Crippen LogP contribution in [-0.4, -0.2) is 11.7 Å². The van der Waals surface area contributed by atoms with E-state index < -0.39 is 0 Å². The van der Waals surface area contributed by atoms with Crippen LogP contribution < -0.4 is 0 Å². The molecule has 0 heterocycles. The monoisotopic (exact) mass is 142 g/mol. The van der Waals surface area contributed by atoms with Gasteiger partial charge in [0.05, 0.1) is 0 Å². The number of hydrogen-bond donors (Lipinski definition) is 1. The third-order valence-corrected chi connectivity index (χ3v) is 3.23. The molecule has 0 aliphatic heterocycles. The fourth-order valence-corrected chi connectivity index (χ4v) is 1.99. The summed E-state index contributed by atoms with van der Waals surface area (Å²) in [6, 6.07) is 0. The molecular weight excluding hydrogens is 124 g/mol. The molecule has 1 nitrogen and oxygen atoms in total. The maximum Gasteiger partial charge on any atom is 0.0495 e. The summed E-state index contributed by atoms with van der Waals surface area (Å²) in [4.78, 5) is 0. The van der Waals surface area contributed by atoms with Crippen molar-refractivity contribution in [2.24, 2.45) is 16.7 Å². The van der Waals surface area contributed by atoms with Crippen molar-refractivity contribution >= 4 is 0 Å². The van der Waals surface area contributed by atoms with Gasteiger partial charge in [0.15, 0.2) is 0 Å². The molecule has 0 bridgehead atoms. The SMILES string of the molecule is CC1CC1(CO)C(C)(C)C. The molecule has 0 spiro atoms. The molecule has 1 aliphatic carbocycles. The van der Waals surface area contributed by atoms with Crippen molar-refractivity contribution in [1.82, 2.24) is 0 Å². The van der Waals surface area contributed by atoms with E-state index in [0.717, 1.165) is 5.92 Å². The van der Waals surface area contributed by atoms with Gasteiger partial charge in [0.1, 0.15) is 0 Å². The Balaban J connectivity index is 2.69. The van der Waals surface area contributed by atoms with Gasteiger partial charge in [-0.3, -0.25) is 0 Å². The summed E-state index contributed by atoms with van der Waals surface area (Å²) in [7, 11) is 0. The summed E-state index contributed by atoms with van der Waals surface area (Å²) in [6.45, 7) is 9.23. The third kappa shape index (κ3) is 0.878. The molecule has 2 unspecified atom stereocenters. The maximum atomic E-state index is 9.16. The molecule has 0 amide bonds. The van der Waals surface area contributed by atoms with Gasteiger partial charge in [0, 0.05) is 12.0 Å². The van der Waals surface area contributed by atoms with Crippen molar-refractivity contribution in [3.63, 3.8) is 0 Å². The number of hydrogen-bond acceptors (Lipinski definition) is 1. The molecule has 0 radical (unpaired) electrons. The fourth-order valence-electron chi connectivity index (χ4n) is 1.99. The Kier molecular flexibility index (Phi) is 1.59. The van der Waals surface area contributed by atoms with Crippen molar-refractivity contribution in [2.45, 2.75) is 34.1 Å². The number of rotatable bonds is 1. The van der Waals surface area contributed by atoms with Crippen molar-refractivity contribution in [3.8, 4) is 0 Å². The molecule has 0 aromatic heterocycles. The van der Waals surface area contributed by atoms with Crippen LogP contribution in [0.4, 0.5) is 0 Å². The average molecular weight is 142 g/mol. The Labute approximate surface area is 63.4 Å². The zero-order chi connectivity index (χ0) is 7.99. The Morgan fingerprint density at radius 1 is 1.50 bits per heavy atom. The van der Waals surface area contributed by atoms with E-state index in [4.69, 9.17) is 5.11 Å². The number of aliphatic hydroxyl groups excluding tert-OH is 1. The van der Waals surface area contributed by atoms with Crippen molar-refractivity contribution in [1.29, 1.82) is 0 Å². The number of aliphatic hydroxyl groups is 1. The standard InChI is InChI=1S/C9H18O/c1-7-5-9(7,6-10)8(2,3)4/h7,10H,5-6H2,1-4H3. The zero-order valence-electron chi connectivity index (χ0n) is 7.44. The lowest BCUT2D eigenvalue weighted by Crippen LogP contribution is -2.27. The highest BCUT2D eigenvalue weighted by Gasteiger charge is 2.57. The Bertz CT molecular complexity index is 130. The summed E-state index contributed by atoms with van der Waals surface area (Å²) in [5.41, 5.74) is 0.522. The molecule has 1 rings (SSSR count). The molecule has 1 heteroatoms. The third-order valence-electron chi connectivity index (χ3n) is 3.23. The smallest absolute Gasteiger partial charge is 0.0495 e. The fraction of sp³-hybridized carbons (Fsp3) is 1.00. The van der Waals surface area contributed by atoms with E-state index >= 15 is 0 Å². The predicted molar refractivity (Wildman–Crippen MR) is 42.8 cm³/mol. The van der Waals surface area contributed by atoms with Crippen LogP contribution in [0.25, 0.3) is 0 Å². The minimum Gasteiger partial charge on any atom is -0.396 e. The van der Waals surface area contributed by atoms with Crippen LogP contribution >= 0.6 is 0 Å². The summed E-state index contributed by atoms with van der Waals surface area (Å²) < 4.78 is 0. The van der Waals surface area contributed by atoms with Gasteiger partial charge in [0.2, 0.25) is 0 Å². The van der Waals surface area contributed by atoms with Crippen LogP contribution in [0.2, 0.25) is 0 Å². The second kappa shape index (κ2) is 1.97. The van der Waals surface area contributed by atoms with Gasteiger partial charge in [-0.2, -0.15) is 0 Å². The molecule has 10 heavy (non-hydrogen) atoms. The first-order chi connectivity index (χ1) is 4.44. The molecule has 1 fully saturated rings. The average Bonchev–Trinajstić information content (AvgIpc) is 2.40. The molecule has 2 atom stereocenters. The molecule has 0 saturated heterocycles. The molecule has 1 aliphatic rings. The summed E-state index contributed by atoms with van der Waals surface area (Å²) in [5.74, 6) is 0.720. The maximum absolute atomic E-state index is 9.16. The van der Waals surface area contributed by atoms with E-state index in [0.29, 0.717) is 6.61 Å². The molecule has 0 aromatic rings. The largest absolute Gasteiger partial charge is 0.396 e. The van der Waals surface area contributed by atoms with Gasteiger partial charge in [-0.1, -0.05) is 27.7 Å². The molecule has 1 saturated carbocycles. The molecule has 0 aromatic carbocycles. The van der Waals surface area contributed by atoms with Gasteiger partial charge < -0.3 is 5.11 Å². The molecule has 60 valence electrons. The lowest BCUT2D eigenvalue weighted by atomic mass is 9.77. The molecular formula is C9H18O. The van der Waals surface area contributed by atoms with Gasteiger partial charge in [-0.25, -0.2) is 0 Å². The molecule has 1 N–H and O–H groups in total. The van der Waals surface area contributed by atoms with Crippen LogP contribution in [0.1, 0.15) is 34.1 Å². The Morgan fingerprint density at radius 3 is 1.90 bits per heavy atom. The normalized spacial score (nSPS) is 39.9. The first kappa shape index (κ1) is 8.06. The van der Waals surface area contributed by atoms with Gasteiger partial charge in [0.25, 0.3) is 0 Å². The van der Waals surface area contributed by atoms with Crippen molar-refractivity contribution < 1.29 is 5.11 Å². The van der Waals surface area contributed by atoms with E-state index in [9.17, 15) is 0 Å². The highest BCUT2D eigenvalue weighted by atomic mass is 16.3. The van der Waals surface area contributed by atoms with Gasteiger partial charge in [-0.05, 0) is 17.8 Å². The van der Waals surface area contributed by atoms with Crippen molar-refractivity contribution in [3.05, 3.63) is 0 Å². The lowest BCUT2D eigenvalue weighted by Gasteiger charge is -2.30. The van der Waals surface area contributed by atoms with Crippen molar-refractivity contribution in [2.75, 3.05) is 6.61 Å². The predicted octanol–water partition coefficient (Wildman–Crippen LogP) is 2.05. The lowest BCUT2D eigenvalue weighted by molar-refractivity contribution is 0.0968. The van der Waals surface area contributed by atoms with Crippen LogP contribution in [-0.2, 0) is 0 Å².